The Kier molecular flexibility index (Phi) is 6.44. The molecule has 2 aromatic rings. The molecule has 1 aliphatic rings. The molecule has 0 radical (unpaired) electrons. The molecule has 1 amide bonds. The Morgan fingerprint density at radius 2 is 1.81 bits per heavy atom. The second-order valence-corrected chi connectivity index (χ2v) is 6.60. The zero-order valence-electron chi connectivity index (χ0n) is 15.8. The Hall–Kier alpha value is -2.86. The molecule has 0 bridgehead atoms. The van der Waals surface area contributed by atoms with Crippen LogP contribution in [0.1, 0.15) is 16.7 Å². The Morgan fingerprint density at radius 1 is 1.15 bits per heavy atom. The molecule has 0 unspecified atom stereocenters. The number of nitrogens with zero attached hydrogens (tertiary/aromatic N) is 2. The van der Waals surface area contributed by atoms with Gasteiger partial charge in [-0.1, -0.05) is 18.2 Å². The van der Waals surface area contributed by atoms with Crippen LogP contribution in [-0.2, 0) is 9.53 Å². The predicted molar refractivity (Wildman–Crippen MR) is 107 cm³/mol. The van der Waals surface area contributed by atoms with Crippen LogP contribution >= 0.6 is 0 Å². The lowest BCUT2D eigenvalue weighted by atomic mass is 10.1. The van der Waals surface area contributed by atoms with Gasteiger partial charge in [0.05, 0.1) is 19.4 Å². The van der Waals surface area contributed by atoms with E-state index in [-0.39, 0.29) is 12.5 Å². The average Bonchev–Trinajstić information content (AvgIpc) is 2.67. The number of amides is 1. The van der Waals surface area contributed by atoms with Crippen molar-refractivity contribution in [2.45, 2.75) is 13.8 Å². The smallest absolute Gasteiger partial charge is 0.277 e. The van der Waals surface area contributed by atoms with E-state index in [2.05, 4.69) is 33.6 Å². The van der Waals surface area contributed by atoms with Gasteiger partial charge in [-0.05, 0) is 54.8 Å². The fraction of sp³-hybridized carbons (Fsp3) is 0.333. The Morgan fingerprint density at radius 3 is 2.48 bits per heavy atom. The quantitative estimate of drug-likeness (QED) is 0.630. The molecular formula is C21H25N3O3. The molecule has 1 heterocycles. The molecule has 6 heteroatoms. The summed E-state index contributed by atoms with van der Waals surface area (Å²) >= 11 is 0. The van der Waals surface area contributed by atoms with Crippen LogP contribution in [0.4, 0.5) is 5.69 Å². The molecule has 1 fully saturated rings. The lowest BCUT2D eigenvalue weighted by Gasteiger charge is -2.28. The number of anilines is 1. The van der Waals surface area contributed by atoms with E-state index in [0.29, 0.717) is 5.75 Å². The monoisotopic (exact) mass is 367 g/mol. The molecule has 0 saturated carbocycles. The highest BCUT2D eigenvalue weighted by Gasteiger charge is 2.10. The van der Waals surface area contributed by atoms with E-state index in [4.69, 9.17) is 9.47 Å². The summed E-state index contributed by atoms with van der Waals surface area (Å²) in [7, 11) is 0. The summed E-state index contributed by atoms with van der Waals surface area (Å²) in [4.78, 5) is 14.2. The van der Waals surface area contributed by atoms with Crippen molar-refractivity contribution in [1.82, 2.24) is 5.43 Å². The summed E-state index contributed by atoms with van der Waals surface area (Å²) in [6.45, 7) is 7.26. The molecule has 3 rings (SSSR count). The maximum Gasteiger partial charge on any atom is 0.277 e. The van der Waals surface area contributed by atoms with E-state index in [1.807, 2.05) is 38.1 Å². The van der Waals surface area contributed by atoms with Crippen LogP contribution in [0.2, 0.25) is 0 Å². The van der Waals surface area contributed by atoms with Crippen molar-refractivity contribution >= 4 is 17.8 Å². The first-order valence-electron chi connectivity index (χ1n) is 9.06. The summed E-state index contributed by atoms with van der Waals surface area (Å²) < 4.78 is 10.9. The van der Waals surface area contributed by atoms with Crippen LogP contribution in [0, 0.1) is 13.8 Å². The van der Waals surface area contributed by atoms with Gasteiger partial charge in [0.2, 0.25) is 0 Å². The number of hydrazone groups is 1. The van der Waals surface area contributed by atoms with Crippen molar-refractivity contribution < 1.29 is 14.3 Å². The van der Waals surface area contributed by atoms with Gasteiger partial charge in [0.15, 0.2) is 6.61 Å². The fourth-order valence-corrected chi connectivity index (χ4v) is 2.97. The predicted octanol–water partition coefficient (Wildman–Crippen LogP) is 2.67. The summed E-state index contributed by atoms with van der Waals surface area (Å²) in [6.07, 6.45) is 1.62. The molecule has 1 aliphatic heterocycles. The fourth-order valence-electron chi connectivity index (χ4n) is 2.97. The van der Waals surface area contributed by atoms with E-state index in [0.717, 1.165) is 43.0 Å². The number of ether oxygens (including phenoxy) is 2. The average molecular weight is 367 g/mol. The van der Waals surface area contributed by atoms with Crippen molar-refractivity contribution in [3.63, 3.8) is 0 Å². The first-order valence-corrected chi connectivity index (χ1v) is 9.06. The zero-order valence-corrected chi connectivity index (χ0v) is 15.8. The van der Waals surface area contributed by atoms with Gasteiger partial charge in [-0.15, -0.1) is 0 Å². The highest BCUT2D eigenvalue weighted by molar-refractivity contribution is 5.83. The van der Waals surface area contributed by atoms with Crippen LogP contribution in [-0.4, -0.2) is 45.0 Å². The molecule has 1 saturated heterocycles. The standard InChI is InChI=1S/C21H25N3O3/c1-16-11-17(2)13-20(12-16)27-15-21(25)23-22-14-18-3-5-19(6-4-18)24-7-9-26-10-8-24/h3-6,11-14H,7-10,15H2,1-2H3,(H,23,25)/b22-14-. The van der Waals surface area contributed by atoms with E-state index < -0.39 is 0 Å². The SMILES string of the molecule is Cc1cc(C)cc(OCC(=O)N/N=C\c2ccc(N3CCOCC3)cc2)c1. The molecule has 0 aromatic heterocycles. The molecule has 0 atom stereocenters. The summed E-state index contributed by atoms with van der Waals surface area (Å²) in [5.41, 5.74) is 6.78. The maximum atomic E-state index is 11.9. The minimum atomic E-state index is -0.296. The van der Waals surface area contributed by atoms with Gasteiger partial charge in [0.25, 0.3) is 5.91 Å². The van der Waals surface area contributed by atoms with Crippen LogP contribution in [0.5, 0.6) is 5.75 Å². The highest BCUT2D eigenvalue weighted by atomic mass is 16.5. The third-order valence-electron chi connectivity index (χ3n) is 4.24. The van der Waals surface area contributed by atoms with Crippen molar-refractivity contribution in [1.29, 1.82) is 0 Å². The number of rotatable bonds is 6. The van der Waals surface area contributed by atoms with E-state index >= 15 is 0 Å². The number of benzene rings is 2. The van der Waals surface area contributed by atoms with Gasteiger partial charge in [0.1, 0.15) is 5.75 Å². The first kappa shape index (κ1) is 18.9. The zero-order chi connectivity index (χ0) is 19.1. The van der Waals surface area contributed by atoms with E-state index in [1.54, 1.807) is 6.21 Å². The van der Waals surface area contributed by atoms with Crippen molar-refractivity contribution in [2.75, 3.05) is 37.8 Å². The number of carbonyl (C=O) groups is 1. The van der Waals surface area contributed by atoms with E-state index in [9.17, 15) is 4.79 Å². The molecule has 0 spiro atoms. The molecular weight excluding hydrogens is 342 g/mol. The van der Waals surface area contributed by atoms with Gasteiger partial charge >= 0.3 is 0 Å². The van der Waals surface area contributed by atoms with Gasteiger partial charge in [-0.2, -0.15) is 5.10 Å². The van der Waals surface area contributed by atoms with Crippen molar-refractivity contribution in [3.05, 3.63) is 59.2 Å². The van der Waals surface area contributed by atoms with Gasteiger partial charge in [0, 0.05) is 18.8 Å². The largest absolute Gasteiger partial charge is 0.484 e. The van der Waals surface area contributed by atoms with Crippen LogP contribution in [0.25, 0.3) is 0 Å². The third-order valence-corrected chi connectivity index (χ3v) is 4.24. The van der Waals surface area contributed by atoms with Crippen molar-refractivity contribution in [3.8, 4) is 5.75 Å². The number of aryl methyl sites for hydroxylation is 2. The Balaban J connectivity index is 1.46. The molecule has 2 aromatic carbocycles. The Labute approximate surface area is 159 Å². The number of carbonyl (C=O) groups excluding carboxylic acids is 1. The second-order valence-electron chi connectivity index (χ2n) is 6.60. The van der Waals surface area contributed by atoms with Crippen LogP contribution < -0.4 is 15.1 Å². The van der Waals surface area contributed by atoms with Gasteiger partial charge in [-0.3, -0.25) is 4.79 Å². The number of morpholine rings is 1. The van der Waals surface area contributed by atoms with Gasteiger partial charge in [-0.25, -0.2) is 5.43 Å². The van der Waals surface area contributed by atoms with Crippen molar-refractivity contribution in [2.24, 2.45) is 5.10 Å². The molecule has 1 N–H and O–H groups in total. The van der Waals surface area contributed by atoms with Crippen LogP contribution in [0.3, 0.4) is 0 Å². The molecule has 27 heavy (non-hydrogen) atoms. The van der Waals surface area contributed by atoms with E-state index in [1.165, 1.54) is 5.69 Å². The topological polar surface area (TPSA) is 63.2 Å². The van der Waals surface area contributed by atoms with Crippen LogP contribution in [0.15, 0.2) is 47.6 Å². The lowest BCUT2D eigenvalue weighted by Crippen LogP contribution is -2.36. The normalized spacial score (nSPS) is 14.4. The van der Waals surface area contributed by atoms with Gasteiger partial charge < -0.3 is 14.4 Å². The summed E-state index contributed by atoms with van der Waals surface area (Å²) in [5, 5.41) is 3.99. The minimum absolute atomic E-state index is 0.0732. The lowest BCUT2D eigenvalue weighted by molar-refractivity contribution is -0.123. The third kappa shape index (κ3) is 5.82. The number of hydrogen-bond donors (Lipinski definition) is 1. The highest BCUT2D eigenvalue weighted by Crippen LogP contribution is 2.17. The molecule has 6 nitrogen and oxygen atoms in total. The summed E-state index contributed by atoms with van der Waals surface area (Å²) in [6, 6.07) is 13.9. The number of hydrogen-bond acceptors (Lipinski definition) is 5. The Bertz CT molecular complexity index is 777. The maximum absolute atomic E-state index is 11.9. The first-order chi connectivity index (χ1) is 13.1. The minimum Gasteiger partial charge on any atom is -0.484 e. The molecule has 0 aliphatic carbocycles. The number of nitrogens with one attached hydrogen (secondary N) is 1. The summed E-state index contributed by atoms with van der Waals surface area (Å²) in [5.74, 6) is 0.390. The molecule has 142 valence electrons. The second kappa shape index (κ2) is 9.19.